The zero-order valence-electron chi connectivity index (χ0n) is 42.4. The minimum atomic E-state index is -1.67. The quantitative estimate of drug-likeness (QED) is 0.0215. The average molecular weight is 940 g/mol. The standard InChI is InChI=1S/C55H105NO10/c1-3-5-7-9-11-13-15-16-17-18-19-20-21-22-23-24-25-26-27-28-29-30-31-33-34-36-38-40-42-47(58)50(60)46(45-65-55-53(63)52(62)51(61)49(44-57)66-55)56-54(64)48(59)43-41-39-37-35-32-14-12-10-8-6-4-2/h12,14,34,36,46-53,55,57-63H,3-11,13,15-33,35,37-45H2,1-2H3,(H,56,64)/b14-12-,36-34+. The fourth-order valence-electron chi connectivity index (χ4n) is 8.91. The summed E-state index contributed by atoms with van der Waals surface area (Å²) in [4.78, 5) is 13.1. The van der Waals surface area contributed by atoms with E-state index in [1.54, 1.807) is 0 Å². The van der Waals surface area contributed by atoms with Gasteiger partial charge in [-0.1, -0.05) is 212 Å². The molecule has 0 spiro atoms. The van der Waals surface area contributed by atoms with Gasteiger partial charge in [0.05, 0.1) is 25.4 Å². The van der Waals surface area contributed by atoms with Gasteiger partial charge in [0, 0.05) is 0 Å². The number of aliphatic hydroxyl groups is 7. The van der Waals surface area contributed by atoms with Crippen molar-refractivity contribution in [3.8, 4) is 0 Å². The maximum absolute atomic E-state index is 13.1. The van der Waals surface area contributed by atoms with Crippen LogP contribution in [0.4, 0.5) is 0 Å². The zero-order chi connectivity index (χ0) is 48.3. The van der Waals surface area contributed by atoms with Gasteiger partial charge in [0.25, 0.3) is 0 Å². The summed E-state index contributed by atoms with van der Waals surface area (Å²) in [5.74, 6) is -0.716. The van der Waals surface area contributed by atoms with E-state index in [0.29, 0.717) is 12.8 Å². The van der Waals surface area contributed by atoms with Gasteiger partial charge in [0.1, 0.15) is 36.6 Å². The monoisotopic (exact) mass is 940 g/mol. The number of unbranched alkanes of at least 4 members (excludes halogenated alkanes) is 31. The Morgan fingerprint density at radius 3 is 1.33 bits per heavy atom. The highest BCUT2D eigenvalue weighted by molar-refractivity contribution is 5.80. The SMILES string of the molecule is CCCCC/C=C\CCCCCCC(O)C(=O)NC(COC1OC(CO)C(O)C(O)C1O)C(O)C(O)CCC/C=C/CCCCCCCCCCCCCCCCCCCCCCCCC. The van der Waals surface area contributed by atoms with Crippen LogP contribution in [0.1, 0.15) is 251 Å². The number of rotatable bonds is 47. The van der Waals surface area contributed by atoms with Crippen molar-refractivity contribution in [3.63, 3.8) is 0 Å². The smallest absolute Gasteiger partial charge is 0.249 e. The summed E-state index contributed by atoms with van der Waals surface area (Å²) in [6.45, 7) is 3.41. The number of hydrogen-bond acceptors (Lipinski definition) is 10. The van der Waals surface area contributed by atoms with E-state index in [4.69, 9.17) is 9.47 Å². The van der Waals surface area contributed by atoms with Gasteiger partial charge in [-0.2, -0.15) is 0 Å². The predicted octanol–water partition coefficient (Wildman–Crippen LogP) is 11.0. The van der Waals surface area contributed by atoms with Crippen LogP contribution >= 0.6 is 0 Å². The van der Waals surface area contributed by atoms with Gasteiger partial charge in [-0.05, 0) is 64.2 Å². The van der Waals surface area contributed by atoms with Crippen molar-refractivity contribution < 1.29 is 50.0 Å². The topological polar surface area (TPSA) is 189 Å². The Kier molecular flexibility index (Phi) is 42.5. The first-order valence-electron chi connectivity index (χ1n) is 27.7. The van der Waals surface area contributed by atoms with E-state index >= 15 is 0 Å². The molecule has 1 saturated heterocycles. The van der Waals surface area contributed by atoms with E-state index in [2.05, 4.69) is 43.5 Å². The molecule has 66 heavy (non-hydrogen) atoms. The first-order valence-corrected chi connectivity index (χ1v) is 27.7. The minimum absolute atomic E-state index is 0.240. The summed E-state index contributed by atoms with van der Waals surface area (Å²) in [6, 6.07) is -1.19. The number of amides is 1. The Morgan fingerprint density at radius 1 is 0.515 bits per heavy atom. The van der Waals surface area contributed by atoms with Crippen LogP contribution in [0.3, 0.4) is 0 Å². The molecule has 9 unspecified atom stereocenters. The van der Waals surface area contributed by atoms with Gasteiger partial charge in [-0.25, -0.2) is 0 Å². The summed E-state index contributed by atoms with van der Waals surface area (Å²) in [7, 11) is 0. The molecule has 9 atom stereocenters. The Labute approximate surface area is 404 Å². The van der Waals surface area contributed by atoms with Crippen LogP contribution in [0.15, 0.2) is 24.3 Å². The van der Waals surface area contributed by atoms with Crippen molar-refractivity contribution in [2.24, 2.45) is 0 Å². The lowest BCUT2D eigenvalue weighted by molar-refractivity contribution is -0.303. The van der Waals surface area contributed by atoms with Crippen LogP contribution < -0.4 is 5.32 Å². The predicted molar refractivity (Wildman–Crippen MR) is 270 cm³/mol. The lowest BCUT2D eigenvalue weighted by Crippen LogP contribution is -2.60. The third-order valence-electron chi connectivity index (χ3n) is 13.5. The second-order valence-electron chi connectivity index (χ2n) is 19.6. The van der Waals surface area contributed by atoms with Crippen molar-refractivity contribution in [2.45, 2.75) is 306 Å². The molecule has 0 bridgehead atoms. The van der Waals surface area contributed by atoms with Crippen LogP contribution in [0.5, 0.6) is 0 Å². The van der Waals surface area contributed by atoms with Gasteiger partial charge in [-0.15, -0.1) is 0 Å². The van der Waals surface area contributed by atoms with Crippen molar-refractivity contribution in [1.82, 2.24) is 5.32 Å². The van der Waals surface area contributed by atoms with Crippen molar-refractivity contribution in [1.29, 1.82) is 0 Å². The lowest BCUT2D eigenvalue weighted by atomic mass is 9.98. The maximum Gasteiger partial charge on any atom is 0.249 e. The van der Waals surface area contributed by atoms with E-state index in [9.17, 15) is 40.5 Å². The van der Waals surface area contributed by atoms with Gasteiger partial charge in [0.2, 0.25) is 5.91 Å². The van der Waals surface area contributed by atoms with Gasteiger partial charge >= 0.3 is 0 Å². The molecule has 8 N–H and O–H groups in total. The summed E-state index contributed by atoms with van der Waals surface area (Å²) in [6.07, 6.45) is 41.2. The highest BCUT2D eigenvalue weighted by Crippen LogP contribution is 2.23. The number of hydrogen-bond donors (Lipinski definition) is 8. The van der Waals surface area contributed by atoms with Crippen LogP contribution in [0.2, 0.25) is 0 Å². The number of carbonyl (C=O) groups excluding carboxylic acids is 1. The van der Waals surface area contributed by atoms with Crippen LogP contribution in [-0.4, -0.2) is 110 Å². The molecule has 0 saturated carbocycles. The van der Waals surface area contributed by atoms with Crippen molar-refractivity contribution >= 4 is 5.91 Å². The summed E-state index contributed by atoms with van der Waals surface area (Å²) < 4.78 is 11.1. The summed E-state index contributed by atoms with van der Waals surface area (Å²) in [5.41, 5.74) is 0. The third-order valence-corrected chi connectivity index (χ3v) is 13.5. The number of aliphatic hydroxyl groups excluding tert-OH is 7. The largest absolute Gasteiger partial charge is 0.394 e. The Hall–Kier alpha value is -1.41. The first kappa shape index (κ1) is 62.6. The Bertz CT molecular complexity index is 1120. The molecule has 0 aliphatic carbocycles. The molecule has 0 aromatic carbocycles. The van der Waals surface area contributed by atoms with Crippen molar-refractivity contribution in [3.05, 3.63) is 24.3 Å². The molecule has 1 aliphatic rings. The van der Waals surface area contributed by atoms with E-state index < -0.39 is 74.2 Å². The molecule has 390 valence electrons. The highest BCUT2D eigenvalue weighted by Gasteiger charge is 2.44. The molecule has 1 aliphatic heterocycles. The van der Waals surface area contributed by atoms with E-state index in [1.165, 1.54) is 161 Å². The molecule has 11 heteroatoms. The first-order chi connectivity index (χ1) is 32.2. The normalized spacial score (nSPS) is 20.9. The van der Waals surface area contributed by atoms with Crippen molar-refractivity contribution in [2.75, 3.05) is 13.2 Å². The van der Waals surface area contributed by atoms with E-state index in [1.807, 2.05) is 0 Å². The van der Waals surface area contributed by atoms with E-state index in [0.717, 1.165) is 51.4 Å². The molecule has 11 nitrogen and oxygen atoms in total. The van der Waals surface area contributed by atoms with Gasteiger partial charge in [-0.3, -0.25) is 4.79 Å². The van der Waals surface area contributed by atoms with Gasteiger partial charge in [0.15, 0.2) is 6.29 Å². The average Bonchev–Trinajstić information content (AvgIpc) is 3.32. The maximum atomic E-state index is 13.1. The molecule has 1 heterocycles. The Morgan fingerprint density at radius 2 is 0.894 bits per heavy atom. The minimum Gasteiger partial charge on any atom is -0.394 e. The zero-order valence-corrected chi connectivity index (χ0v) is 42.4. The number of carbonyl (C=O) groups is 1. The second kappa shape index (κ2) is 44.8. The molecule has 0 radical (unpaired) electrons. The van der Waals surface area contributed by atoms with Gasteiger partial charge < -0.3 is 50.5 Å². The van der Waals surface area contributed by atoms with Crippen LogP contribution in [0, 0.1) is 0 Å². The molecule has 0 aromatic heterocycles. The number of allylic oxidation sites excluding steroid dienone is 4. The Balaban J connectivity index is 2.27. The third kappa shape index (κ3) is 33.2. The fraction of sp³-hybridized carbons (Fsp3) is 0.909. The molecule has 1 fully saturated rings. The molecule has 0 aromatic rings. The van der Waals surface area contributed by atoms with Crippen LogP contribution in [-0.2, 0) is 14.3 Å². The highest BCUT2D eigenvalue weighted by atomic mass is 16.7. The van der Waals surface area contributed by atoms with Crippen LogP contribution in [0.25, 0.3) is 0 Å². The molecule has 1 amide bonds. The summed E-state index contributed by atoms with van der Waals surface area (Å²) in [5, 5.41) is 75.8. The molecular formula is C55H105NO10. The fourth-order valence-corrected chi connectivity index (χ4v) is 8.91. The second-order valence-corrected chi connectivity index (χ2v) is 19.6. The molecular weight excluding hydrogens is 835 g/mol. The molecule has 1 rings (SSSR count). The summed E-state index contributed by atoms with van der Waals surface area (Å²) >= 11 is 0. The lowest BCUT2D eigenvalue weighted by Gasteiger charge is -2.40. The van der Waals surface area contributed by atoms with E-state index in [-0.39, 0.29) is 12.8 Å². The number of ether oxygens (including phenoxy) is 2. The number of nitrogens with one attached hydrogen (secondary N) is 1.